The zero-order valence-electron chi connectivity index (χ0n) is 15.9. The van der Waals surface area contributed by atoms with Gasteiger partial charge in [-0.2, -0.15) is 0 Å². The molecule has 0 aromatic heterocycles. The molecule has 0 aliphatic carbocycles. The van der Waals surface area contributed by atoms with Gasteiger partial charge in [0.05, 0.1) is 0 Å². The number of halogens is 1. The molecule has 1 fully saturated rings. The van der Waals surface area contributed by atoms with E-state index in [2.05, 4.69) is 5.32 Å². The Morgan fingerprint density at radius 1 is 0.852 bits per heavy atom. The molecule has 3 rings (SSSR count). The number of carbonyl (C=O) groups is 2. The van der Waals surface area contributed by atoms with Crippen molar-refractivity contribution in [2.24, 2.45) is 0 Å². The van der Waals surface area contributed by atoms with E-state index in [-0.39, 0.29) is 11.9 Å². The van der Waals surface area contributed by atoms with E-state index in [0.29, 0.717) is 42.5 Å². The van der Waals surface area contributed by atoms with Crippen molar-refractivity contribution in [3.05, 3.63) is 63.7 Å². The van der Waals surface area contributed by atoms with Crippen molar-refractivity contribution in [3.8, 4) is 0 Å². The molecule has 1 aliphatic heterocycles. The lowest BCUT2D eigenvalue weighted by molar-refractivity contribution is 0.0671. The van der Waals surface area contributed by atoms with Gasteiger partial charge in [0.25, 0.3) is 5.91 Å². The predicted octanol–water partition coefficient (Wildman–Crippen LogP) is 4.26. The second kappa shape index (κ2) is 8.01. The highest BCUT2D eigenvalue weighted by atomic mass is 35.5. The van der Waals surface area contributed by atoms with Gasteiger partial charge in [-0.25, -0.2) is 4.79 Å². The van der Waals surface area contributed by atoms with Crippen LogP contribution in [0.15, 0.2) is 36.4 Å². The second-order valence-electron chi connectivity index (χ2n) is 6.97. The fraction of sp³-hybridized carbons (Fsp3) is 0.333. The van der Waals surface area contributed by atoms with Crippen LogP contribution in [0, 0.1) is 20.8 Å². The summed E-state index contributed by atoms with van der Waals surface area (Å²) in [6.07, 6.45) is 0. The molecular weight excluding hydrogens is 362 g/mol. The Morgan fingerprint density at radius 3 is 2.11 bits per heavy atom. The van der Waals surface area contributed by atoms with Crippen molar-refractivity contribution in [1.29, 1.82) is 0 Å². The smallest absolute Gasteiger partial charge is 0.321 e. The summed E-state index contributed by atoms with van der Waals surface area (Å²) in [5.41, 5.74) is 4.61. The molecule has 1 saturated heterocycles. The maximum atomic E-state index is 12.7. The minimum absolute atomic E-state index is 0.0171. The average molecular weight is 386 g/mol. The fourth-order valence-electron chi connectivity index (χ4n) is 3.04. The topological polar surface area (TPSA) is 52.7 Å². The maximum absolute atomic E-state index is 12.7. The molecule has 0 atom stereocenters. The van der Waals surface area contributed by atoms with Crippen molar-refractivity contribution in [1.82, 2.24) is 9.80 Å². The Hall–Kier alpha value is -2.53. The number of nitrogens with one attached hydrogen (secondary N) is 1. The summed E-state index contributed by atoms with van der Waals surface area (Å²) >= 11 is 6.11. The Kier molecular flexibility index (Phi) is 5.71. The second-order valence-corrected chi connectivity index (χ2v) is 7.38. The number of nitrogens with zero attached hydrogens (tertiary/aromatic N) is 2. The first-order chi connectivity index (χ1) is 12.8. The van der Waals surface area contributed by atoms with Crippen molar-refractivity contribution in [2.45, 2.75) is 20.8 Å². The van der Waals surface area contributed by atoms with E-state index in [0.717, 1.165) is 11.1 Å². The fourth-order valence-corrected chi connectivity index (χ4v) is 3.22. The van der Waals surface area contributed by atoms with Gasteiger partial charge >= 0.3 is 6.03 Å². The van der Waals surface area contributed by atoms with Crippen molar-refractivity contribution in [3.63, 3.8) is 0 Å². The molecule has 0 radical (unpaired) electrons. The van der Waals surface area contributed by atoms with Crippen LogP contribution in [0.5, 0.6) is 0 Å². The summed E-state index contributed by atoms with van der Waals surface area (Å²) in [4.78, 5) is 28.7. The number of hydrogen-bond acceptors (Lipinski definition) is 2. The summed E-state index contributed by atoms with van der Waals surface area (Å²) in [6.45, 7) is 8.00. The largest absolute Gasteiger partial charge is 0.335 e. The SMILES string of the molecule is Cc1ccc(C(=O)N2CCN(C(=O)Nc3ccc(C)c(Cl)c3)CC2)cc1C. The van der Waals surface area contributed by atoms with E-state index in [4.69, 9.17) is 11.6 Å². The molecule has 0 saturated carbocycles. The van der Waals surface area contributed by atoms with Gasteiger partial charge in [-0.05, 0) is 61.7 Å². The summed E-state index contributed by atoms with van der Waals surface area (Å²) in [5.74, 6) is 0.0171. The standard InChI is InChI=1S/C21H24ClN3O2/c1-14-4-6-17(12-16(14)3)20(26)24-8-10-25(11-9-24)21(27)23-18-7-5-15(2)19(22)13-18/h4-7,12-13H,8-11H2,1-3H3,(H,23,27). The lowest BCUT2D eigenvalue weighted by Gasteiger charge is -2.34. The van der Waals surface area contributed by atoms with Crippen LogP contribution in [0.4, 0.5) is 10.5 Å². The normalized spacial score (nSPS) is 14.2. The number of anilines is 1. The van der Waals surface area contributed by atoms with Gasteiger partial charge in [0.1, 0.15) is 0 Å². The van der Waals surface area contributed by atoms with E-state index in [1.807, 2.05) is 51.1 Å². The first-order valence-electron chi connectivity index (χ1n) is 9.04. The Balaban J connectivity index is 1.57. The van der Waals surface area contributed by atoms with Crippen LogP contribution in [0.1, 0.15) is 27.0 Å². The third kappa shape index (κ3) is 4.42. The van der Waals surface area contributed by atoms with Crippen molar-refractivity contribution in [2.75, 3.05) is 31.5 Å². The van der Waals surface area contributed by atoms with E-state index >= 15 is 0 Å². The van der Waals surface area contributed by atoms with E-state index in [1.54, 1.807) is 15.9 Å². The third-order valence-corrected chi connectivity index (χ3v) is 5.44. The van der Waals surface area contributed by atoms with Gasteiger partial charge < -0.3 is 15.1 Å². The lowest BCUT2D eigenvalue weighted by Crippen LogP contribution is -2.51. The van der Waals surface area contributed by atoms with Crippen LogP contribution in [-0.2, 0) is 0 Å². The van der Waals surface area contributed by atoms with Crippen LogP contribution in [0.25, 0.3) is 0 Å². The summed E-state index contributed by atoms with van der Waals surface area (Å²) in [6, 6.07) is 11.0. The molecule has 0 bridgehead atoms. The van der Waals surface area contributed by atoms with Gasteiger partial charge in [-0.1, -0.05) is 23.7 Å². The lowest BCUT2D eigenvalue weighted by atomic mass is 10.1. The highest BCUT2D eigenvalue weighted by molar-refractivity contribution is 6.31. The molecule has 2 aromatic rings. The van der Waals surface area contributed by atoms with Crippen molar-refractivity contribution >= 4 is 29.2 Å². The third-order valence-electron chi connectivity index (χ3n) is 5.03. The molecule has 3 amide bonds. The molecule has 5 nitrogen and oxygen atoms in total. The first kappa shape index (κ1) is 19.2. The van der Waals surface area contributed by atoms with E-state index in [1.165, 1.54) is 5.56 Å². The molecule has 6 heteroatoms. The van der Waals surface area contributed by atoms with Crippen LogP contribution in [-0.4, -0.2) is 47.9 Å². The van der Waals surface area contributed by atoms with Gasteiger partial charge in [0.2, 0.25) is 0 Å². The highest BCUT2D eigenvalue weighted by Gasteiger charge is 2.25. The monoisotopic (exact) mass is 385 g/mol. The first-order valence-corrected chi connectivity index (χ1v) is 9.41. The molecule has 1 aliphatic rings. The minimum atomic E-state index is -0.173. The zero-order chi connectivity index (χ0) is 19.6. The summed E-state index contributed by atoms with van der Waals surface area (Å²) < 4.78 is 0. The molecule has 2 aromatic carbocycles. The van der Waals surface area contributed by atoms with Crippen molar-refractivity contribution < 1.29 is 9.59 Å². The van der Waals surface area contributed by atoms with Crippen LogP contribution in [0.2, 0.25) is 5.02 Å². The average Bonchev–Trinajstić information content (AvgIpc) is 2.66. The van der Waals surface area contributed by atoms with Crippen LogP contribution >= 0.6 is 11.6 Å². The molecule has 1 N–H and O–H groups in total. The Bertz CT molecular complexity index is 874. The number of hydrogen-bond donors (Lipinski definition) is 1. The van der Waals surface area contributed by atoms with Gasteiger partial charge in [0.15, 0.2) is 0 Å². The predicted molar refractivity (Wildman–Crippen MR) is 109 cm³/mol. The minimum Gasteiger partial charge on any atom is -0.335 e. The van der Waals surface area contributed by atoms with Crippen LogP contribution in [0.3, 0.4) is 0 Å². The molecule has 0 spiro atoms. The number of aryl methyl sites for hydroxylation is 3. The van der Waals surface area contributed by atoms with E-state index in [9.17, 15) is 9.59 Å². The number of benzene rings is 2. The number of piperazine rings is 1. The molecule has 27 heavy (non-hydrogen) atoms. The van der Waals surface area contributed by atoms with Gasteiger partial charge in [-0.3, -0.25) is 4.79 Å². The highest BCUT2D eigenvalue weighted by Crippen LogP contribution is 2.20. The van der Waals surface area contributed by atoms with Gasteiger partial charge in [-0.15, -0.1) is 0 Å². The number of amides is 3. The molecule has 0 unspecified atom stereocenters. The molecular formula is C21H24ClN3O2. The molecule has 1 heterocycles. The van der Waals surface area contributed by atoms with Crippen LogP contribution < -0.4 is 5.32 Å². The summed E-state index contributed by atoms with van der Waals surface area (Å²) in [7, 11) is 0. The quantitative estimate of drug-likeness (QED) is 0.839. The zero-order valence-corrected chi connectivity index (χ0v) is 16.6. The maximum Gasteiger partial charge on any atom is 0.321 e. The number of urea groups is 1. The Morgan fingerprint density at radius 2 is 1.48 bits per heavy atom. The van der Waals surface area contributed by atoms with Gasteiger partial charge in [0, 0.05) is 42.5 Å². The number of rotatable bonds is 2. The van der Waals surface area contributed by atoms with E-state index < -0.39 is 0 Å². The summed E-state index contributed by atoms with van der Waals surface area (Å²) in [5, 5.41) is 3.49. The number of carbonyl (C=O) groups excluding carboxylic acids is 2. The molecule has 142 valence electrons. The Labute approximate surface area is 164 Å².